The maximum atomic E-state index is 5.87. The van der Waals surface area contributed by atoms with Crippen LogP contribution in [-0.2, 0) is 0 Å². The average Bonchev–Trinajstić information content (AvgIpc) is 2.68. The predicted molar refractivity (Wildman–Crippen MR) is 89.5 cm³/mol. The van der Waals surface area contributed by atoms with Crippen LogP contribution in [0, 0.1) is 0 Å². The SMILES string of the molecule is CCC(CC(C)N)Sc1nc2ccc(N)cc2s1.Cl. The first kappa shape index (κ1) is 16.6. The zero-order valence-electron chi connectivity index (χ0n) is 11.1. The summed E-state index contributed by atoms with van der Waals surface area (Å²) in [6.07, 6.45) is 2.14. The van der Waals surface area contributed by atoms with Crippen LogP contribution < -0.4 is 11.5 Å². The van der Waals surface area contributed by atoms with Gasteiger partial charge in [0.15, 0.2) is 4.34 Å². The van der Waals surface area contributed by atoms with E-state index in [0.29, 0.717) is 5.25 Å². The molecule has 4 N–H and O–H groups in total. The molecule has 0 bridgehead atoms. The number of anilines is 1. The minimum absolute atomic E-state index is 0. The lowest BCUT2D eigenvalue weighted by Gasteiger charge is -2.14. The molecule has 0 saturated heterocycles. The van der Waals surface area contributed by atoms with E-state index in [1.807, 2.05) is 30.0 Å². The van der Waals surface area contributed by atoms with E-state index in [2.05, 4.69) is 18.8 Å². The van der Waals surface area contributed by atoms with Crippen molar-refractivity contribution in [3.63, 3.8) is 0 Å². The second-order valence-electron chi connectivity index (χ2n) is 4.57. The number of hydrogen-bond acceptors (Lipinski definition) is 5. The number of thioether (sulfide) groups is 1. The molecule has 1 heterocycles. The van der Waals surface area contributed by atoms with E-state index < -0.39 is 0 Å². The minimum Gasteiger partial charge on any atom is -0.399 e. The van der Waals surface area contributed by atoms with Gasteiger partial charge in [-0.2, -0.15) is 0 Å². The van der Waals surface area contributed by atoms with Gasteiger partial charge in [-0.25, -0.2) is 4.98 Å². The lowest BCUT2D eigenvalue weighted by atomic mass is 10.1. The van der Waals surface area contributed by atoms with Gasteiger partial charge in [0.25, 0.3) is 0 Å². The van der Waals surface area contributed by atoms with Crippen molar-refractivity contribution in [1.82, 2.24) is 4.98 Å². The molecule has 0 aliphatic heterocycles. The summed E-state index contributed by atoms with van der Waals surface area (Å²) in [4.78, 5) is 4.63. The topological polar surface area (TPSA) is 64.9 Å². The molecule has 3 nitrogen and oxygen atoms in total. The lowest BCUT2D eigenvalue weighted by Crippen LogP contribution is -2.20. The number of nitrogens with two attached hydrogens (primary N) is 2. The monoisotopic (exact) mass is 317 g/mol. The Morgan fingerprint density at radius 3 is 2.79 bits per heavy atom. The number of benzene rings is 1. The van der Waals surface area contributed by atoms with Crippen LogP contribution in [0.3, 0.4) is 0 Å². The Morgan fingerprint density at radius 2 is 2.16 bits per heavy atom. The van der Waals surface area contributed by atoms with E-state index in [4.69, 9.17) is 11.5 Å². The highest BCUT2D eigenvalue weighted by atomic mass is 35.5. The predicted octanol–water partition coefficient (Wildman–Crippen LogP) is 3.91. The number of fused-ring (bicyclic) bond motifs is 1. The van der Waals surface area contributed by atoms with Gasteiger partial charge in [-0.3, -0.25) is 0 Å². The van der Waals surface area contributed by atoms with Crippen molar-refractivity contribution in [3.8, 4) is 0 Å². The number of halogens is 1. The quantitative estimate of drug-likeness (QED) is 0.648. The molecule has 106 valence electrons. The Balaban J connectivity index is 0.00000180. The number of nitrogens with zero attached hydrogens (tertiary/aromatic N) is 1. The van der Waals surface area contributed by atoms with Gasteiger partial charge in [-0.1, -0.05) is 18.7 Å². The minimum atomic E-state index is 0. The summed E-state index contributed by atoms with van der Waals surface area (Å²) in [5.74, 6) is 0. The van der Waals surface area contributed by atoms with Crippen LogP contribution >= 0.6 is 35.5 Å². The van der Waals surface area contributed by atoms with Crippen LogP contribution in [0.25, 0.3) is 10.2 Å². The van der Waals surface area contributed by atoms with E-state index in [0.717, 1.165) is 33.1 Å². The van der Waals surface area contributed by atoms with E-state index in [1.54, 1.807) is 11.3 Å². The number of rotatable bonds is 5. The zero-order valence-corrected chi connectivity index (χ0v) is 13.6. The maximum Gasteiger partial charge on any atom is 0.151 e. The fraction of sp³-hybridized carbons (Fsp3) is 0.462. The first-order chi connectivity index (χ1) is 8.58. The van der Waals surface area contributed by atoms with Gasteiger partial charge in [0.05, 0.1) is 10.2 Å². The van der Waals surface area contributed by atoms with Gasteiger partial charge in [0.2, 0.25) is 0 Å². The summed E-state index contributed by atoms with van der Waals surface area (Å²) < 4.78 is 2.27. The van der Waals surface area contributed by atoms with Crippen molar-refractivity contribution in [2.45, 2.75) is 42.3 Å². The second-order valence-corrected chi connectivity index (χ2v) is 7.15. The van der Waals surface area contributed by atoms with Crippen LogP contribution in [-0.4, -0.2) is 16.3 Å². The van der Waals surface area contributed by atoms with Gasteiger partial charge in [-0.15, -0.1) is 23.7 Å². The van der Waals surface area contributed by atoms with E-state index in [9.17, 15) is 0 Å². The smallest absolute Gasteiger partial charge is 0.151 e. The van der Waals surface area contributed by atoms with Gasteiger partial charge >= 0.3 is 0 Å². The van der Waals surface area contributed by atoms with Crippen molar-refractivity contribution < 1.29 is 0 Å². The Kier molecular flexibility index (Phi) is 6.39. The van der Waals surface area contributed by atoms with Crippen molar-refractivity contribution in [1.29, 1.82) is 0 Å². The van der Waals surface area contributed by atoms with E-state index >= 15 is 0 Å². The summed E-state index contributed by atoms with van der Waals surface area (Å²) in [7, 11) is 0. The molecule has 2 rings (SSSR count). The first-order valence-electron chi connectivity index (χ1n) is 6.16. The van der Waals surface area contributed by atoms with Crippen LogP contribution in [0.5, 0.6) is 0 Å². The molecule has 19 heavy (non-hydrogen) atoms. The second kappa shape index (κ2) is 7.33. The third-order valence-electron chi connectivity index (χ3n) is 2.75. The Hall–Kier alpha value is -0.490. The average molecular weight is 318 g/mol. The molecule has 2 aromatic rings. The van der Waals surface area contributed by atoms with Crippen LogP contribution in [0.15, 0.2) is 22.5 Å². The molecule has 0 aliphatic carbocycles. The molecule has 0 radical (unpaired) electrons. The summed E-state index contributed by atoms with van der Waals surface area (Å²) in [5, 5.41) is 0.544. The van der Waals surface area contributed by atoms with Crippen molar-refractivity contribution in [2.75, 3.05) is 5.73 Å². The molecule has 0 aliphatic rings. The number of thiazole rings is 1. The van der Waals surface area contributed by atoms with Crippen molar-refractivity contribution in [3.05, 3.63) is 18.2 Å². The normalized spacial score (nSPS) is 14.1. The van der Waals surface area contributed by atoms with Crippen LogP contribution in [0.4, 0.5) is 5.69 Å². The van der Waals surface area contributed by atoms with E-state index in [-0.39, 0.29) is 18.4 Å². The summed E-state index contributed by atoms with van der Waals surface area (Å²) in [6, 6.07) is 6.12. The highest BCUT2D eigenvalue weighted by molar-refractivity contribution is 8.01. The molecular weight excluding hydrogens is 298 g/mol. The Labute approximate surface area is 128 Å². The molecule has 0 spiro atoms. The first-order valence-corrected chi connectivity index (χ1v) is 7.86. The Morgan fingerprint density at radius 1 is 1.42 bits per heavy atom. The van der Waals surface area contributed by atoms with Gasteiger partial charge in [0.1, 0.15) is 0 Å². The zero-order chi connectivity index (χ0) is 13.1. The maximum absolute atomic E-state index is 5.87. The summed E-state index contributed by atoms with van der Waals surface area (Å²) in [5.41, 5.74) is 13.5. The highest BCUT2D eigenvalue weighted by Crippen LogP contribution is 2.35. The summed E-state index contributed by atoms with van der Waals surface area (Å²) >= 11 is 3.55. The molecule has 2 unspecified atom stereocenters. The number of nitrogen functional groups attached to an aromatic ring is 1. The number of hydrogen-bond donors (Lipinski definition) is 2. The van der Waals surface area contributed by atoms with Gasteiger partial charge < -0.3 is 11.5 Å². The third-order valence-corrected chi connectivity index (χ3v) is 5.25. The molecule has 0 saturated carbocycles. The van der Waals surface area contributed by atoms with Crippen LogP contribution in [0.2, 0.25) is 0 Å². The highest BCUT2D eigenvalue weighted by Gasteiger charge is 2.13. The molecule has 1 aromatic carbocycles. The van der Waals surface area contributed by atoms with Crippen molar-refractivity contribution >= 4 is 51.4 Å². The van der Waals surface area contributed by atoms with Crippen molar-refractivity contribution in [2.24, 2.45) is 5.73 Å². The van der Waals surface area contributed by atoms with Gasteiger partial charge in [-0.05, 0) is 38.0 Å². The van der Waals surface area contributed by atoms with Crippen LogP contribution in [0.1, 0.15) is 26.7 Å². The fourth-order valence-corrected chi connectivity index (χ4v) is 4.44. The molecule has 0 fully saturated rings. The molecule has 0 amide bonds. The molecule has 1 aromatic heterocycles. The largest absolute Gasteiger partial charge is 0.399 e. The third kappa shape index (κ3) is 4.53. The molecule has 2 atom stereocenters. The molecule has 6 heteroatoms. The van der Waals surface area contributed by atoms with E-state index in [1.165, 1.54) is 0 Å². The summed E-state index contributed by atoms with van der Waals surface area (Å²) in [6.45, 7) is 4.26. The lowest BCUT2D eigenvalue weighted by molar-refractivity contribution is 0.628. The van der Waals surface area contributed by atoms with Gasteiger partial charge in [0, 0.05) is 17.0 Å². The number of aromatic nitrogens is 1. The Bertz CT molecular complexity index is 528. The fourth-order valence-electron chi connectivity index (χ4n) is 1.83. The standard InChI is InChI=1S/C13H19N3S2.ClH/c1-3-10(6-8(2)14)17-13-16-11-5-4-9(15)7-12(11)18-13;/h4-5,7-8,10H,3,6,14-15H2,1-2H3;1H. The molecular formula is C13H20ClN3S2.